The van der Waals surface area contributed by atoms with Crippen LogP contribution in [0.3, 0.4) is 0 Å². The number of aliphatic hydroxyl groups is 1. The third-order valence-corrected chi connectivity index (χ3v) is 5.93. The molecule has 1 unspecified atom stereocenters. The van der Waals surface area contributed by atoms with Gasteiger partial charge >= 0.3 is 0 Å². The molecule has 1 N–H and O–H groups in total. The van der Waals surface area contributed by atoms with Crippen LogP contribution in [0, 0.1) is 5.92 Å². The molecule has 0 spiro atoms. The van der Waals surface area contributed by atoms with Crippen LogP contribution >= 0.6 is 0 Å². The van der Waals surface area contributed by atoms with Gasteiger partial charge in [-0.05, 0) is 68.8 Å². The Kier molecular flexibility index (Phi) is 6.92. The molecule has 1 atom stereocenters. The van der Waals surface area contributed by atoms with Crippen LogP contribution in [0.1, 0.15) is 37.7 Å². The predicted octanol–water partition coefficient (Wildman–Crippen LogP) is 2.32. The lowest BCUT2D eigenvalue weighted by Gasteiger charge is -2.42. The van der Waals surface area contributed by atoms with Gasteiger partial charge in [-0.1, -0.05) is 12.1 Å². The van der Waals surface area contributed by atoms with Crippen LogP contribution < -0.4 is 4.74 Å². The molecular formula is C21H32N2O3. The molecule has 0 aromatic heterocycles. The molecule has 26 heavy (non-hydrogen) atoms. The van der Waals surface area contributed by atoms with E-state index in [1.165, 1.54) is 6.42 Å². The Labute approximate surface area is 156 Å². The average molecular weight is 360 g/mol. The fourth-order valence-electron chi connectivity index (χ4n) is 4.22. The molecule has 3 rings (SSSR count). The number of carbonyl (C=O) groups excluding carboxylic acids is 1. The Morgan fingerprint density at radius 1 is 1.23 bits per heavy atom. The number of aliphatic hydroxyl groups excluding tert-OH is 1. The van der Waals surface area contributed by atoms with Crippen LogP contribution in [0.2, 0.25) is 0 Å². The summed E-state index contributed by atoms with van der Waals surface area (Å²) in [4.78, 5) is 17.3. The maximum absolute atomic E-state index is 12.7. The summed E-state index contributed by atoms with van der Waals surface area (Å²) in [6, 6.07) is 8.47. The summed E-state index contributed by atoms with van der Waals surface area (Å²) >= 11 is 0. The van der Waals surface area contributed by atoms with E-state index in [1.54, 1.807) is 7.11 Å². The predicted molar refractivity (Wildman–Crippen MR) is 102 cm³/mol. The minimum absolute atomic E-state index is 0.266. The van der Waals surface area contributed by atoms with Crippen molar-refractivity contribution in [3.05, 3.63) is 29.8 Å². The van der Waals surface area contributed by atoms with Gasteiger partial charge in [0.2, 0.25) is 5.91 Å². The molecule has 0 bridgehead atoms. The number of hydrogen-bond donors (Lipinski definition) is 1. The largest absolute Gasteiger partial charge is 0.497 e. The van der Waals surface area contributed by atoms with Gasteiger partial charge in [0.05, 0.1) is 7.11 Å². The Morgan fingerprint density at radius 3 is 2.77 bits per heavy atom. The monoisotopic (exact) mass is 360 g/mol. The number of methoxy groups -OCH3 is 1. The zero-order valence-electron chi connectivity index (χ0n) is 15.9. The van der Waals surface area contributed by atoms with Gasteiger partial charge in [-0.2, -0.15) is 0 Å². The van der Waals surface area contributed by atoms with Crippen molar-refractivity contribution in [2.24, 2.45) is 5.92 Å². The summed E-state index contributed by atoms with van der Waals surface area (Å²) in [5, 5.41) is 9.31. The first kappa shape index (κ1) is 19.2. The van der Waals surface area contributed by atoms with Crippen molar-refractivity contribution in [3.8, 4) is 5.75 Å². The van der Waals surface area contributed by atoms with Crippen molar-refractivity contribution >= 4 is 5.91 Å². The molecule has 1 aromatic rings. The number of nitrogens with zero attached hydrogens (tertiary/aromatic N) is 2. The molecule has 5 heteroatoms. The van der Waals surface area contributed by atoms with Gasteiger partial charge in [-0.15, -0.1) is 0 Å². The van der Waals surface area contributed by atoms with Gasteiger partial charge < -0.3 is 14.7 Å². The normalized spacial score (nSPS) is 22.4. The molecule has 0 aliphatic carbocycles. The molecule has 2 aliphatic rings. The number of amides is 1. The molecule has 2 aliphatic heterocycles. The van der Waals surface area contributed by atoms with E-state index in [4.69, 9.17) is 4.74 Å². The Morgan fingerprint density at radius 2 is 2.04 bits per heavy atom. The molecule has 2 heterocycles. The van der Waals surface area contributed by atoms with E-state index in [-0.39, 0.29) is 5.91 Å². The highest BCUT2D eigenvalue weighted by Crippen LogP contribution is 2.24. The molecule has 2 fully saturated rings. The molecule has 1 amide bonds. The lowest BCUT2D eigenvalue weighted by molar-refractivity contribution is -0.133. The standard InChI is InChI=1S/C21H32N2O3/c1-26-20-6-2-4-17(14-20)7-8-21(25)23-11-3-5-19(15-23)22-12-9-18(16-24)10-13-22/h2,4,6,14,18-19,24H,3,5,7-13,15-16H2,1H3. The zero-order chi connectivity index (χ0) is 18.4. The van der Waals surface area contributed by atoms with Gasteiger partial charge in [0, 0.05) is 32.2 Å². The van der Waals surface area contributed by atoms with Crippen molar-refractivity contribution in [2.45, 2.75) is 44.6 Å². The first-order valence-electron chi connectivity index (χ1n) is 9.95. The number of ether oxygens (including phenoxy) is 1. The van der Waals surface area contributed by atoms with Crippen LogP contribution in [-0.4, -0.2) is 66.8 Å². The van der Waals surface area contributed by atoms with E-state index in [9.17, 15) is 9.90 Å². The van der Waals surface area contributed by atoms with E-state index >= 15 is 0 Å². The molecule has 5 nitrogen and oxygen atoms in total. The number of aryl methyl sites for hydroxylation is 1. The lowest BCUT2D eigenvalue weighted by atomic mass is 9.94. The van der Waals surface area contributed by atoms with E-state index in [2.05, 4.69) is 15.9 Å². The number of piperidine rings is 2. The van der Waals surface area contributed by atoms with Crippen LogP contribution in [0.15, 0.2) is 24.3 Å². The lowest BCUT2D eigenvalue weighted by Crippen LogP contribution is -2.52. The van der Waals surface area contributed by atoms with E-state index in [0.29, 0.717) is 25.0 Å². The maximum Gasteiger partial charge on any atom is 0.222 e. The highest BCUT2D eigenvalue weighted by molar-refractivity contribution is 5.76. The van der Waals surface area contributed by atoms with Gasteiger partial charge in [-0.25, -0.2) is 0 Å². The minimum atomic E-state index is 0.266. The summed E-state index contributed by atoms with van der Waals surface area (Å²) in [6.45, 7) is 4.18. The van der Waals surface area contributed by atoms with Crippen molar-refractivity contribution in [2.75, 3.05) is 39.9 Å². The summed E-state index contributed by atoms with van der Waals surface area (Å²) in [7, 11) is 1.67. The smallest absolute Gasteiger partial charge is 0.222 e. The molecule has 2 saturated heterocycles. The summed E-state index contributed by atoms with van der Waals surface area (Å²) < 4.78 is 5.26. The van der Waals surface area contributed by atoms with E-state index in [0.717, 1.165) is 63.2 Å². The van der Waals surface area contributed by atoms with Crippen molar-refractivity contribution in [1.82, 2.24) is 9.80 Å². The van der Waals surface area contributed by atoms with Crippen molar-refractivity contribution in [3.63, 3.8) is 0 Å². The van der Waals surface area contributed by atoms with Crippen LogP contribution in [0.25, 0.3) is 0 Å². The topological polar surface area (TPSA) is 53.0 Å². The number of hydrogen-bond acceptors (Lipinski definition) is 4. The summed E-state index contributed by atoms with van der Waals surface area (Å²) in [6.07, 6.45) is 5.76. The SMILES string of the molecule is COc1cccc(CCC(=O)N2CCCC(N3CCC(CO)CC3)C2)c1. The number of benzene rings is 1. The Hall–Kier alpha value is -1.59. The summed E-state index contributed by atoms with van der Waals surface area (Å²) in [5.41, 5.74) is 1.15. The third-order valence-electron chi connectivity index (χ3n) is 5.93. The first-order chi connectivity index (χ1) is 12.7. The molecule has 144 valence electrons. The second-order valence-corrected chi connectivity index (χ2v) is 7.65. The maximum atomic E-state index is 12.7. The second kappa shape index (κ2) is 9.38. The Balaban J connectivity index is 1.48. The van der Waals surface area contributed by atoms with Crippen molar-refractivity contribution in [1.29, 1.82) is 0 Å². The fraction of sp³-hybridized carbons (Fsp3) is 0.667. The van der Waals surface area contributed by atoms with Crippen LogP contribution in [-0.2, 0) is 11.2 Å². The van der Waals surface area contributed by atoms with Gasteiger partial charge in [0.1, 0.15) is 5.75 Å². The average Bonchev–Trinajstić information content (AvgIpc) is 2.72. The summed E-state index contributed by atoms with van der Waals surface area (Å²) in [5.74, 6) is 1.58. The molecule has 0 saturated carbocycles. The molecular weight excluding hydrogens is 328 g/mol. The van der Waals surface area contributed by atoms with Crippen molar-refractivity contribution < 1.29 is 14.6 Å². The first-order valence-corrected chi connectivity index (χ1v) is 9.95. The number of likely N-dealkylation sites (tertiary alicyclic amines) is 2. The quantitative estimate of drug-likeness (QED) is 0.846. The molecule has 1 aromatic carbocycles. The minimum Gasteiger partial charge on any atom is -0.497 e. The van der Waals surface area contributed by atoms with E-state index in [1.807, 2.05) is 18.2 Å². The second-order valence-electron chi connectivity index (χ2n) is 7.65. The highest BCUT2D eigenvalue weighted by atomic mass is 16.5. The Bertz CT molecular complexity index is 584. The van der Waals surface area contributed by atoms with Crippen LogP contribution in [0.5, 0.6) is 5.75 Å². The number of rotatable bonds is 6. The van der Waals surface area contributed by atoms with E-state index < -0.39 is 0 Å². The fourth-order valence-corrected chi connectivity index (χ4v) is 4.22. The third kappa shape index (κ3) is 4.98. The van der Waals surface area contributed by atoms with Gasteiger partial charge in [0.25, 0.3) is 0 Å². The molecule has 0 radical (unpaired) electrons. The van der Waals surface area contributed by atoms with Gasteiger partial charge in [-0.3, -0.25) is 9.69 Å². The van der Waals surface area contributed by atoms with Crippen LogP contribution in [0.4, 0.5) is 0 Å². The zero-order valence-corrected chi connectivity index (χ0v) is 15.9. The van der Waals surface area contributed by atoms with Gasteiger partial charge in [0.15, 0.2) is 0 Å². The number of carbonyl (C=O) groups is 1. The highest BCUT2D eigenvalue weighted by Gasteiger charge is 2.30.